The van der Waals surface area contributed by atoms with Gasteiger partial charge in [-0.05, 0) is 55.2 Å². The number of nitrogens with zero attached hydrogens (tertiary/aromatic N) is 1. The molecule has 2 aromatic rings. The molecule has 0 saturated carbocycles. The molecule has 6 nitrogen and oxygen atoms in total. The molecule has 0 spiro atoms. The van der Waals surface area contributed by atoms with E-state index in [1.807, 2.05) is 30.0 Å². The molecule has 2 amide bonds. The molecule has 7 heteroatoms. The van der Waals surface area contributed by atoms with E-state index in [4.69, 9.17) is 5.73 Å². The van der Waals surface area contributed by atoms with Crippen LogP contribution < -0.4 is 21.3 Å². The minimum atomic E-state index is -0.324. The first-order chi connectivity index (χ1) is 13.4. The molecule has 0 radical (unpaired) electrons. The molecule has 28 heavy (non-hydrogen) atoms. The van der Waals surface area contributed by atoms with E-state index in [0.29, 0.717) is 0 Å². The fourth-order valence-electron chi connectivity index (χ4n) is 3.43. The summed E-state index contributed by atoms with van der Waals surface area (Å²) >= 11 is 0. The van der Waals surface area contributed by atoms with Crippen molar-refractivity contribution in [1.82, 2.24) is 10.6 Å². The highest BCUT2D eigenvalue weighted by Crippen LogP contribution is 2.30. The SMILES string of the molecule is CC(NC(=O)CNC(=O)CN1CCCc2c(N)cccc21)c1ccc(F)cc1. The van der Waals surface area contributed by atoms with Gasteiger partial charge in [-0.3, -0.25) is 9.59 Å². The molecule has 2 aromatic carbocycles. The van der Waals surface area contributed by atoms with Crippen molar-refractivity contribution in [3.63, 3.8) is 0 Å². The zero-order valence-corrected chi connectivity index (χ0v) is 15.9. The van der Waals surface area contributed by atoms with Crippen molar-refractivity contribution in [1.29, 1.82) is 0 Å². The summed E-state index contributed by atoms with van der Waals surface area (Å²) in [5, 5.41) is 5.45. The average molecular weight is 384 g/mol. The van der Waals surface area contributed by atoms with E-state index in [0.717, 1.165) is 41.9 Å². The summed E-state index contributed by atoms with van der Waals surface area (Å²) in [5.74, 6) is -0.844. The van der Waals surface area contributed by atoms with E-state index < -0.39 is 0 Å². The fourth-order valence-corrected chi connectivity index (χ4v) is 3.43. The first-order valence-electron chi connectivity index (χ1n) is 9.38. The first-order valence-corrected chi connectivity index (χ1v) is 9.38. The van der Waals surface area contributed by atoms with Gasteiger partial charge in [0.25, 0.3) is 0 Å². The van der Waals surface area contributed by atoms with Gasteiger partial charge in [0.2, 0.25) is 11.8 Å². The topological polar surface area (TPSA) is 87.5 Å². The molecule has 0 fully saturated rings. The lowest BCUT2D eigenvalue weighted by Crippen LogP contribution is -2.43. The molecule has 0 saturated heterocycles. The summed E-state index contributed by atoms with van der Waals surface area (Å²) in [4.78, 5) is 26.4. The van der Waals surface area contributed by atoms with Gasteiger partial charge >= 0.3 is 0 Å². The van der Waals surface area contributed by atoms with Crippen LogP contribution in [0.4, 0.5) is 15.8 Å². The number of amides is 2. The predicted octanol–water partition coefficient (Wildman–Crippen LogP) is 2.15. The van der Waals surface area contributed by atoms with Gasteiger partial charge in [-0.25, -0.2) is 4.39 Å². The number of halogens is 1. The Morgan fingerprint density at radius 1 is 1.18 bits per heavy atom. The average Bonchev–Trinajstić information content (AvgIpc) is 2.68. The Morgan fingerprint density at radius 3 is 2.68 bits per heavy atom. The fraction of sp³-hybridized carbons (Fsp3) is 0.333. The van der Waals surface area contributed by atoms with Crippen molar-refractivity contribution in [2.75, 3.05) is 30.3 Å². The van der Waals surface area contributed by atoms with E-state index in [9.17, 15) is 14.0 Å². The number of nitrogens with two attached hydrogens (primary N) is 1. The van der Waals surface area contributed by atoms with Crippen molar-refractivity contribution in [2.24, 2.45) is 0 Å². The molecule has 0 aromatic heterocycles. The number of nitrogen functional groups attached to an aromatic ring is 1. The molecule has 1 aliphatic heterocycles. The van der Waals surface area contributed by atoms with Crippen LogP contribution in [-0.2, 0) is 16.0 Å². The molecule has 148 valence electrons. The Hall–Kier alpha value is -3.09. The molecule has 1 atom stereocenters. The number of hydrogen-bond acceptors (Lipinski definition) is 4. The highest BCUT2D eigenvalue weighted by Gasteiger charge is 2.20. The van der Waals surface area contributed by atoms with Gasteiger partial charge in [0.1, 0.15) is 5.82 Å². The Bertz CT molecular complexity index is 854. The third kappa shape index (κ3) is 4.79. The molecular weight excluding hydrogens is 359 g/mol. The van der Waals surface area contributed by atoms with Gasteiger partial charge in [0.05, 0.1) is 19.1 Å². The number of hydrogen-bond donors (Lipinski definition) is 3. The van der Waals surface area contributed by atoms with Crippen molar-refractivity contribution in [3.8, 4) is 0 Å². The third-order valence-corrected chi connectivity index (χ3v) is 4.91. The maximum absolute atomic E-state index is 13.0. The largest absolute Gasteiger partial charge is 0.398 e. The summed E-state index contributed by atoms with van der Waals surface area (Å²) in [7, 11) is 0. The van der Waals surface area contributed by atoms with Crippen LogP contribution in [-0.4, -0.2) is 31.4 Å². The van der Waals surface area contributed by atoms with E-state index in [-0.39, 0.29) is 36.8 Å². The third-order valence-electron chi connectivity index (χ3n) is 4.91. The van der Waals surface area contributed by atoms with Crippen LogP contribution in [0.25, 0.3) is 0 Å². The van der Waals surface area contributed by atoms with Gasteiger partial charge in [-0.1, -0.05) is 18.2 Å². The summed E-state index contributed by atoms with van der Waals surface area (Å²) in [6.45, 7) is 2.65. The van der Waals surface area contributed by atoms with Crippen LogP contribution in [0.3, 0.4) is 0 Å². The molecular formula is C21H25FN4O2. The van der Waals surface area contributed by atoms with Gasteiger partial charge in [0.15, 0.2) is 0 Å². The minimum Gasteiger partial charge on any atom is -0.398 e. The quantitative estimate of drug-likeness (QED) is 0.666. The van der Waals surface area contributed by atoms with Crippen LogP contribution in [0.15, 0.2) is 42.5 Å². The van der Waals surface area contributed by atoms with Gasteiger partial charge in [-0.15, -0.1) is 0 Å². The van der Waals surface area contributed by atoms with E-state index in [1.165, 1.54) is 12.1 Å². The second-order valence-electron chi connectivity index (χ2n) is 6.99. The van der Waals surface area contributed by atoms with Crippen molar-refractivity contribution < 1.29 is 14.0 Å². The number of rotatable bonds is 6. The van der Waals surface area contributed by atoms with Gasteiger partial charge in [0, 0.05) is 17.9 Å². The zero-order chi connectivity index (χ0) is 20.1. The second-order valence-corrected chi connectivity index (χ2v) is 6.99. The van der Waals surface area contributed by atoms with E-state index >= 15 is 0 Å². The lowest BCUT2D eigenvalue weighted by Gasteiger charge is -2.31. The number of carbonyl (C=O) groups is 2. The molecule has 0 aliphatic carbocycles. The van der Waals surface area contributed by atoms with Crippen LogP contribution >= 0.6 is 0 Å². The number of anilines is 2. The molecule has 1 heterocycles. The molecule has 3 rings (SSSR count). The highest BCUT2D eigenvalue weighted by molar-refractivity contribution is 5.87. The molecule has 4 N–H and O–H groups in total. The summed E-state index contributed by atoms with van der Waals surface area (Å²) < 4.78 is 13.0. The first kappa shape index (κ1) is 19.7. The maximum atomic E-state index is 13.0. The van der Waals surface area contributed by atoms with Crippen LogP contribution in [0.2, 0.25) is 0 Å². The second kappa shape index (κ2) is 8.73. The smallest absolute Gasteiger partial charge is 0.239 e. The number of nitrogens with one attached hydrogen (secondary N) is 2. The van der Waals surface area contributed by atoms with Crippen LogP contribution in [0.5, 0.6) is 0 Å². The Labute approximate surface area is 163 Å². The Morgan fingerprint density at radius 2 is 1.93 bits per heavy atom. The van der Waals surface area contributed by atoms with Gasteiger partial charge < -0.3 is 21.3 Å². The zero-order valence-electron chi connectivity index (χ0n) is 15.9. The minimum absolute atomic E-state index is 0.109. The molecule has 1 unspecified atom stereocenters. The highest BCUT2D eigenvalue weighted by atomic mass is 19.1. The van der Waals surface area contributed by atoms with Crippen LogP contribution in [0, 0.1) is 5.82 Å². The standard InChI is InChI=1S/C21H25FN4O2/c1-14(15-7-9-16(22)10-8-15)25-20(27)12-24-21(28)13-26-11-3-4-17-18(23)5-2-6-19(17)26/h2,5-10,14H,3-4,11-13,23H2,1H3,(H,24,28)(H,25,27). The predicted molar refractivity (Wildman–Crippen MR) is 107 cm³/mol. The lowest BCUT2D eigenvalue weighted by atomic mass is 10.00. The normalized spacial score (nSPS) is 14.1. The van der Waals surface area contributed by atoms with Crippen molar-refractivity contribution >= 4 is 23.2 Å². The Kier molecular flexibility index (Phi) is 6.13. The maximum Gasteiger partial charge on any atom is 0.239 e. The molecule has 0 bridgehead atoms. The van der Waals surface area contributed by atoms with E-state index in [1.54, 1.807) is 12.1 Å². The molecule has 1 aliphatic rings. The summed E-state index contributed by atoms with van der Waals surface area (Å²) in [6, 6.07) is 11.4. The lowest BCUT2D eigenvalue weighted by molar-refractivity contribution is -0.125. The summed E-state index contributed by atoms with van der Waals surface area (Å²) in [5.41, 5.74) is 9.63. The number of fused-ring (bicyclic) bond motifs is 1. The monoisotopic (exact) mass is 384 g/mol. The summed E-state index contributed by atoms with van der Waals surface area (Å²) in [6.07, 6.45) is 1.84. The number of carbonyl (C=O) groups excluding carboxylic acids is 2. The van der Waals surface area contributed by atoms with Crippen molar-refractivity contribution in [2.45, 2.75) is 25.8 Å². The number of benzene rings is 2. The van der Waals surface area contributed by atoms with Crippen molar-refractivity contribution in [3.05, 3.63) is 59.4 Å². The van der Waals surface area contributed by atoms with Gasteiger partial charge in [-0.2, -0.15) is 0 Å². The Balaban J connectivity index is 1.49. The van der Waals surface area contributed by atoms with E-state index in [2.05, 4.69) is 10.6 Å². The van der Waals surface area contributed by atoms with Crippen LogP contribution in [0.1, 0.15) is 30.5 Å².